The fraction of sp³-hybridized carbons (Fsp3) is 0.417. The molecule has 2 nitrogen and oxygen atoms in total. The molecule has 1 aromatic carbocycles. The molecule has 0 saturated heterocycles. The fourth-order valence-electron chi connectivity index (χ4n) is 1.34. The van der Waals surface area contributed by atoms with Gasteiger partial charge in [-0.3, -0.25) is 4.79 Å². The Kier molecular flexibility index (Phi) is 4.17. The van der Waals surface area contributed by atoms with Crippen molar-refractivity contribution in [1.29, 1.82) is 0 Å². The molecule has 0 spiro atoms. The van der Waals surface area contributed by atoms with Crippen molar-refractivity contribution in [3.05, 3.63) is 35.4 Å². The minimum atomic E-state index is 0.375. The van der Waals surface area contributed by atoms with Gasteiger partial charge in [0.25, 0.3) is 6.47 Å². The van der Waals surface area contributed by atoms with Crippen molar-refractivity contribution >= 4 is 6.47 Å². The second kappa shape index (κ2) is 5.43. The van der Waals surface area contributed by atoms with E-state index in [1.807, 2.05) is 0 Å². The second-order valence-corrected chi connectivity index (χ2v) is 3.52. The number of benzene rings is 1. The molecule has 0 heterocycles. The number of aryl methyl sites for hydroxylation is 1. The van der Waals surface area contributed by atoms with Crippen molar-refractivity contribution in [2.45, 2.75) is 25.7 Å². The zero-order chi connectivity index (χ0) is 10.4. The summed E-state index contributed by atoms with van der Waals surface area (Å²) in [6, 6.07) is 8.86. The van der Waals surface area contributed by atoms with Crippen molar-refractivity contribution in [3.63, 3.8) is 0 Å². The lowest BCUT2D eigenvalue weighted by molar-refractivity contribution is -0.126. The van der Waals surface area contributed by atoms with Gasteiger partial charge in [0.15, 0.2) is 0 Å². The van der Waals surface area contributed by atoms with Gasteiger partial charge in [-0.05, 0) is 31.2 Å². The lowest BCUT2D eigenvalue weighted by Crippen LogP contribution is -1.78. The van der Waals surface area contributed by atoms with E-state index in [4.69, 9.17) is 4.79 Å². The Morgan fingerprint density at radius 3 is 2.50 bits per heavy atom. The third-order valence-corrected chi connectivity index (χ3v) is 2.19. The molecule has 0 aromatic heterocycles. The van der Waals surface area contributed by atoms with E-state index in [9.17, 15) is 0 Å². The van der Waals surface area contributed by atoms with Crippen LogP contribution in [0.15, 0.2) is 24.3 Å². The Morgan fingerprint density at radius 1 is 1.43 bits per heavy atom. The normalized spacial score (nSPS) is 13.9. The van der Waals surface area contributed by atoms with Crippen LogP contribution in [-0.2, 0) is 9.53 Å². The zero-order valence-electron chi connectivity index (χ0n) is 8.69. The maximum absolute atomic E-state index is 8.95. The maximum atomic E-state index is 8.95. The summed E-state index contributed by atoms with van der Waals surface area (Å²) >= 11 is 0. The molecule has 1 fully saturated rings. The first-order valence-electron chi connectivity index (χ1n) is 4.81. The number of rotatable bonds is 2. The van der Waals surface area contributed by atoms with E-state index in [0.717, 1.165) is 5.92 Å². The molecule has 0 amide bonds. The molecular formula is C12H16O2. The molecule has 1 aromatic rings. The van der Waals surface area contributed by atoms with Crippen molar-refractivity contribution in [2.75, 3.05) is 7.11 Å². The first-order valence-corrected chi connectivity index (χ1v) is 4.81. The van der Waals surface area contributed by atoms with Crippen LogP contribution < -0.4 is 0 Å². The van der Waals surface area contributed by atoms with Crippen LogP contribution in [-0.4, -0.2) is 13.6 Å². The Morgan fingerprint density at radius 2 is 2.07 bits per heavy atom. The Balaban J connectivity index is 0.000000213. The molecule has 1 saturated carbocycles. The molecule has 0 radical (unpaired) electrons. The average molecular weight is 192 g/mol. The molecule has 2 heteroatoms. The summed E-state index contributed by atoms with van der Waals surface area (Å²) in [7, 11) is 1.31. The van der Waals surface area contributed by atoms with Gasteiger partial charge in [-0.15, -0.1) is 0 Å². The third-order valence-electron chi connectivity index (χ3n) is 2.19. The van der Waals surface area contributed by atoms with Crippen LogP contribution >= 0.6 is 0 Å². The summed E-state index contributed by atoms with van der Waals surface area (Å²) in [4.78, 5) is 8.95. The van der Waals surface area contributed by atoms with Crippen LogP contribution in [0.3, 0.4) is 0 Å². The van der Waals surface area contributed by atoms with E-state index in [0.29, 0.717) is 6.47 Å². The lowest BCUT2D eigenvalue weighted by Gasteiger charge is -1.97. The van der Waals surface area contributed by atoms with Crippen LogP contribution in [0.1, 0.15) is 29.9 Å². The highest BCUT2D eigenvalue weighted by Gasteiger charge is 2.22. The van der Waals surface area contributed by atoms with Crippen LogP contribution in [0.25, 0.3) is 0 Å². The van der Waals surface area contributed by atoms with E-state index in [1.165, 1.54) is 25.5 Å². The fourth-order valence-corrected chi connectivity index (χ4v) is 1.34. The van der Waals surface area contributed by atoms with Gasteiger partial charge in [-0.2, -0.15) is 0 Å². The average Bonchev–Trinajstić information content (AvgIpc) is 3.02. The van der Waals surface area contributed by atoms with E-state index in [1.54, 1.807) is 5.56 Å². The highest BCUT2D eigenvalue weighted by molar-refractivity contribution is 5.36. The van der Waals surface area contributed by atoms with Crippen molar-refractivity contribution < 1.29 is 9.53 Å². The van der Waals surface area contributed by atoms with Crippen LogP contribution in [0.2, 0.25) is 0 Å². The quantitative estimate of drug-likeness (QED) is 0.673. The summed E-state index contributed by atoms with van der Waals surface area (Å²) < 4.78 is 3.86. The standard InChI is InChI=1S/C10H12.C2H4O2/c1-8-3-2-4-10(7-8)9-5-6-9;1-4-2-3/h2-4,7,9H,5-6H2,1H3;2H,1H3. The Bertz CT molecular complexity index is 290. The number of ether oxygens (including phenoxy) is 1. The molecule has 2 rings (SSSR count). The predicted octanol–water partition coefficient (Wildman–Crippen LogP) is 2.66. The molecule has 76 valence electrons. The topological polar surface area (TPSA) is 26.3 Å². The molecule has 0 atom stereocenters. The Labute approximate surface area is 84.9 Å². The summed E-state index contributed by atoms with van der Waals surface area (Å²) in [5, 5.41) is 0. The number of carbonyl (C=O) groups excluding carboxylic acids is 1. The van der Waals surface area contributed by atoms with Gasteiger partial charge in [0, 0.05) is 0 Å². The van der Waals surface area contributed by atoms with Crippen molar-refractivity contribution in [1.82, 2.24) is 0 Å². The van der Waals surface area contributed by atoms with Gasteiger partial charge in [0.2, 0.25) is 0 Å². The second-order valence-electron chi connectivity index (χ2n) is 3.52. The molecule has 1 aliphatic rings. The van der Waals surface area contributed by atoms with Gasteiger partial charge in [0.1, 0.15) is 0 Å². The molecule has 14 heavy (non-hydrogen) atoms. The van der Waals surface area contributed by atoms with Crippen LogP contribution in [0.4, 0.5) is 0 Å². The van der Waals surface area contributed by atoms with E-state index in [2.05, 4.69) is 35.9 Å². The summed E-state index contributed by atoms with van der Waals surface area (Å²) in [5.74, 6) is 0.903. The molecule has 0 unspecified atom stereocenters. The molecule has 0 N–H and O–H groups in total. The third kappa shape index (κ3) is 3.60. The van der Waals surface area contributed by atoms with Gasteiger partial charge in [0.05, 0.1) is 7.11 Å². The number of hydrogen-bond donors (Lipinski definition) is 0. The Hall–Kier alpha value is -1.31. The zero-order valence-corrected chi connectivity index (χ0v) is 8.69. The van der Waals surface area contributed by atoms with E-state index < -0.39 is 0 Å². The summed E-state index contributed by atoms with van der Waals surface area (Å²) in [5.41, 5.74) is 2.93. The smallest absolute Gasteiger partial charge is 0.292 e. The van der Waals surface area contributed by atoms with Gasteiger partial charge in [-0.1, -0.05) is 29.8 Å². The molecule has 0 bridgehead atoms. The monoisotopic (exact) mass is 192 g/mol. The van der Waals surface area contributed by atoms with Gasteiger partial charge in [-0.25, -0.2) is 0 Å². The highest BCUT2D eigenvalue weighted by Crippen LogP contribution is 2.39. The number of hydrogen-bond acceptors (Lipinski definition) is 2. The van der Waals surface area contributed by atoms with Crippen LogP contribution in [0.5, 0.6) is 0 Å². The lowest BCUT2D eigenvalue weighted by atomic mass is 10.1. The van der Waals surface area contributed by atoms with Gasteiger partial charge >= 0.3 is 0 Å². The van der Waals surface area contributed by atoms with Crippen molar-refractivity contribution in [2.24, 2.45) is 0 Å². The predicted molar refractivity (Wildman–Crippen MR) is 56.2 cm³/mol. The maximum Gasteiger partial charge on any atom is 0.292 e. The van der Waals surface area contributed by atoms with Crippen molar-refractivity contribution in [3.8, 4) is 0 Å². The number of methoxy groups -OCH3 is 1. The molecule has 1 aliphatic carbocycles. The minimum absolute atomic E-state index is 0.375. The molecule has 0 aliphatic heterocycles. The molecular weight excluding hydrogens is 176 g/mol. The highest BCUT2D eigenvalue weighted by atomic mass is 16.5. The van der Waals surface area contributed by atoms with E-state index >= 15 is 0 Å². The summed E-state index contributed by atoms with van der Waals surface area (Å²) in [6.07, 6.45) is 2.81. The van der Waals surface area contributed by atoms with E-state index in [-0.39, 0.29) is 0 Å². The number of carbonyl (C=O) groups is 1. The first-order chi connectivity index (χ1) is 6.77. The largest absolute Gasteiger partial charge is 0.471 e. The minimum Gasteiger partial charge on any atom is -0.471 e. The first kappa shape index (κ1) is 10.8. The summed E-state index contributed by atoms with van der Waals surface area (Å²) in [6.45, 7) is 2.53. The van der Waals surface area contributed by atoms with Gasteiger partial charge < -0.3 is 4.74 Å². The SMILES string of the molecule is COC=O.Cc1cccc(C2CC2)c1. The van der Waals surface area contributed by atoms with Crippen LogP contribution in [0, 0.1) is 6.92 Å².